The van der Waals surface area contributed by atoms with E-state index in [1.54, 1.807) is 0 Å². The Hall–Kier alpha value is -3.78. The van der Waals surface area contributed by atoms with Crippen LogP contribution in [0.1, 0.15) is 66.4 Å². The van der Waals surface area contributed by atoms with Crippen LogP contribution in [0, 0.1) is 13.8 Å². The average Bonchev–Trinajstić information content (AvgIpc) is 2.90. The van der Waals surface area contributed by atoms with Crippen molar-refractivity contribution >= 4 is 5.91 Å². The summed E-state index contributed by atoms with van der Waals surface area (Å²) in [7, 11) is 1.42. The third kappa shape index (κ3) is 7.41. The Balaban J connectivity index is 1.87. The highest BCUT2D eigenvalue weighted by molar-refractivity contribution is 5.95. The Labute approximate surface area is 231 Å². The van der Waals surface area contributed by atoms with Crippen LogP contribution in [0.25, 0.3) is 0 Å². The fraction of sp³-hybridized carbons (Fsp3) is 0.419. The van der Waals surface area contributed by atoms with Crippen molar-refractivity contribution < 1.29 is 28.8 Å². The molecule has 1 amide bonds. The molecule has 0 saturated carbocycles. The Morgan fingerprint density at radius 3 is 2.00 bits per heavy atom. The maximum absolute atomic E-state index is 12.8. The van der Waals surface area contributed by atoms with Crippen LogP contribution in [-0.2, 0) is 4.74 Å². The predicted molar refractivity (Wildman–Crippen MR) is 151 cm³/mol. The van der Waals surface area contributed by atoms with Gasteiger partial charge in [0, 0.05) is 35.3 Å². The lowest BCUT2D eigenvalue weighted by Crippen LogP contribution is -2.38. The minimum atomic E-state index is -0.513. The highest BCUT2D eigenvalue weighted by Crippen LogP contribution is 2.40. The smallest absolute Gasteiger partial charge is 0.274 e. The summed E-state index contributed by atoms with van der Waals surface area (Å²) in [6.45, 7) is 13.2. The van der Waals surface area contributed by atoms with Gasteiger partial charge in [0.05, 0.1) is 33.0 Å². The van der Waals surface area contributed by atoms with Crippen molar-refractivity contribution in [3.8, 4) is 23.0 Å². The summed E-state index contributed by atoms with van der Waals surface area (Å²) in [5.41, 5.74) is 4.11. The molecule has 0 saturated heterocycles. The van der Waals surface area contributed by atoms with E-state index in [1.165, 1.54) is 19.4 Å². The number of nitrogens with one attached hydrogen (secondary N) is 1. The van der Waals surface area contributed by atoms with Gasteiger partial charge in [0.1, 0.15) is 11.5 Å². The summed E-state index contributed by atoms with van der Waals surface area (Å²) in [4.78, 5) is 16.8. The van der Waals surface area contributed by atoms with E-state index in [4.69, 9.17) is 18.9 Å². The summed E-state index contributed by atoms with van der Waals surface area (Å²) in [5, 5.41) is 13.1. The molecule has 210 valence electrons. The quantitative estimate of drug-likeness (QED) is 0.295. The molecule has 8 nitrogen and oxygen atoms in total. The Bertz CT molecular complexity index is 1210. The molecule has 0 fully saturated rings. The van der Waals surface area contributed by atoms with Crippen LogP contribution in [0.15, 0.2) is 48.7 Å². The van der Waals surface area contributed by atoms with Crippen LogP contribution >= 0.6 is 0 Å². The molecule has 0 bridgehead atoms. The Morgan fingerprint density at radius 1 is 0.923 bits per heavy atom. The van der Waals surface area contributed by atoms with Gasteiger partial charge in [0.2, 0.25) is 0 Å². The summed E-state index contributed by atoms with van der Waals surface area (Å²) >= 11 is 0. The summed E-state index contributed by atoms with van der Waals surface area (Å²) in [6.07, 6.45) is 1.12. The Kier molecular flexibility index (Phi) is 10.6. The fourth-order valence-corrected chi connectivity index (χ4v) is 4.52. The second-order valence-electron chi connectivity index (χ2n) is 9.55. The lowest BCUT2D eigenvalue weighted by molar-refractivity contribution is 0.0402. The summed E-state index contributed by atoms with van der Waals surface area (Å²) in [5.74, 6) is 0.790. The molecular weight excluding hydrogens is 496 g/mol. The number of rotatable bonds is 13. The summed E-state index contributed by atoms with van der Waals surface area (Å²) in [6, 6.07) is 13.5. The van der Waals surface area contributed by atoms with Crippen LogP contribution < -0.4 is 19.5 Å². The van der Waals surface area contributed by atoms with E-state index >= 15 is 0 Å². The number of hydrogen-bond donors (Lipinski definition) is 2. The molecule has 3 rings (SSSR count). The molecule has 0 aliphatic carbocycles. The third-order valence-electron chi connectivity index (χ3n) is 6.39. The van der Waals surface area contributed by atoms with Gasteiger partial charge in [0.25, 0.3) is 5.91 Å². The van der Waals surface area contributed by atoms with E-state index in [9.17, 15) is 9.90 Å². The van der Waals surface area contributed by atoms with Gasteiger partial charge in [-0.1, -0.05) is 24.3 Å². The number of amides is 1. The predicted octanol–water partition coefficient (Wildman–Crippen LogP) is 5.57. The lowest BCUT2D eigenvalue weighted by Gasteiger charge is -2.29. The fourth-order valence-electron chi connectivity index (χ4n) is 4.52. The lowest BCUT2D eigenvalue weighted by atomic mass is 9.85. The molecule has 39 heavy (non-hydrogen) atoms. The van der Waals surface area contributed by atoms with E-state index in [0.29, 0.717) is 13.2 Å². The zero-order chi connectivity index (χ0) is 28.5. The van der Waals surface area contributed by atoms with Crippen molar-refractivity contribution in [2.45, 2.75) is 59.6 Å². The van der Waals surface area contributed by atoms with E-state index < -0.39 is 5.91 Å². The largest absolute Gasteiger partial charge is 0.503 e. The molecule has 2 atom stereocenters. The van der Waals surface area contributed by atoms with Crippen molar-refractivity contribution in [2.75, 3.05) is 26.9 Å². The van der Waals surface area contributed by atoms with Gasteiger partial charge in [0.15, 0.2) is 17.2 Å². The van der Waals surface area contributed by atoms with Gasteiger partial charge < -0.3 is 29.4 Å². The zero-order valence-electron chi connectivity index (χ0n) is 23.9. The first kappa shape index (κ1) is 29.8. The number of methoxy groups -OCH3 is 1. The number of aromatic hydroxyl groups is 1. The van der Waals surface area contributed by atoms with Crippen LogP contribution in [0.3, 0.4) is 0 Å². The van der Waals surface area contributed by atoms with Gasteiger partial charge in [-0.25, -0.2) is 4.98 Å². The Morgan fingerprint density at radius 2 is 1.49 bits per heavy atom. The van der Waals surface area contributed by atoms with E-state index in [-0.39, 0.29) is 41.9 Å². The maximum atomic E-state index is 12.8. The van der Waals surface area contributed by atoms with Crippen LogP contribution in [-0.4, -0.2) is 55.1 Å². The SMILES string of the molecule is CCOc1cc(C)ccc1C(c1ccc(C)cc1OCC)[C@H](C)OC[C@H](C)NC(=O)c1nccc(OC)c1O. The number of hydrogen-bond acceptors (Lipinski definition) is 7. The summed E-state index contributed by atoms with van der Waals surface area (Å²) < 4.78 is 23.6. The van der Waals surface area contributed by atoms with Crippen molar-refractivity contribution in [3.05, 3.63) is 76.6 Å². The van der Waals surface area contributed by atoms with Gasteiger partial charge in [-0.15, -0.1) is 0 Å². The molecule has 2 N–H and O–H groups in total. The molecule has 0 unspecified atom stereocenters. The highest BCUT2D eigenvalue weighted by atomic mass is 16.5. The van der Waals surface area contributed by atoms with Gasteiger partial charge in [-0.05, 0) is 64.8 Å². The second-order valence-corrected chi connectivity index (χ2v) is 9.55. The van der Waals surface area contributed by atoms with Gasteiger partial charge in [-0.3, -0.25) is 4.79 Å². The first-order chi connectivity index (χ1) is 18.7. The van der Waals surface area contributed by atoms with E-state index in [2.05, 4.69) is 34.6 Å². The first-order valence-electron chi connectivity index (χ1n) is 13.3. The molecule has 0 aliphatic heterocycles. The third-order valence-corrected chi connectivity index (χ3v) is 6.39. The highest BCUT2D eigenvalue weighted by Gasteiger charge is 2.29. The molecule has 1 heterocycles. The molecular formula is C31H40N2O6. The van der Waals surface area contributed by atoms with Crippen LogP contribution in [0.2, 0.25) is 0 Å². The topological polar surface area (TPSA) is 99.1 Å². The van der Waals surface area contributed by atoms with E-state index in [1.807, 2.05) is 53.7 Å². The van der Waals surface area contributed by atoms with Crippen molar-refractivity contribution in [2.24, 2.45) is 0 Å². The standard InChI is InChI=1S/C31H40N2O6/c1-8-37-26-16-19(3)10-12-23(26)28(24-13-11-20(4)17-27(24)38-9-2)22(6)39-18-21(5)33-31(35)29-30(34)25(36-7)14-15-32-29/h10-17,21-22,28,34H,8-9,18H2,1-7H3,(H,33,35)/t21-,22-/m0/s1. The number of ether oxygens (including phenoxy) is 4. The van der Waals surface area contributed by atoms with Crippen molar-refractivity contribution in [1.29, 1.82) is 0 Å². The zero-order valence-corrected chi connectivity index (χ0v) is 23.9. The molecule has 0 spiro atoms. The van der Waals surface area contributed by atoms with Gasteiger partial charge in [-0.2, -0.15) is 0 Å². The minimum Gasteiger partial charge on any atom is -0.503 e. The average molecular weight is 537 g/mol. The van der Waals surface area contributed by atoms with Crippen LogP contribution in [0.5, 0.6) is 23.0 Å². The second kappa shape index (κ2) is 13.8. The van der Waals surface area contributed by atoms with Crippen LogP contribution in [0.4, 0.5) is 0 Å². The number of aromatic nitrogens is 1. The number of aryl methyl sites for hydroxylation is 2. The molecule has 0 radical (unpaired) electrons. The minimum absolute atomic E-state index is 0.103. The van der Waals surface area contributed by atoms with E-state index in [0.717, 1.165) is 33.8 Å². The molecule has 8 heteroatoms. The molecule has 3 aromatic rings. The molecule has 0 aliphatic rings. The number of carbonyl (C=O) groups excluding carboxylic acids is 1. The normalized spacial score (nSPS) is 12.6. The number of pyridine rings is 1. The molecule has 1 aromatic heterocycles. The van der Waals surface area contributed by atoms with Crippen molar-refractivity contribution in [3.63, 3.8) is 0 Å². The number of benzene rings is 2. The van der Waals surface area contributed by atoms with Crippen molar-refractivity contribution in [1.82, 2.24) is 10.3 Å². The molecule has 2 aromatic carbocycles. The number of nitrogens with zero attached hydrogens (tertiary/aromatic N) is 1. The monoisotopic (exact) mass is 536 g/mol. The first-order valence-corrected chi connectivity index (χ1v) is 13.3. The van der Waals surface area contributed by atoms with Gasteiger partial charge >= 0.3 is 0 Å². The maximum Gasteiger partial charge on any atom is 0.274 e. The number of carbonyl (C=O) groups is 1.